The van der Waals surface area contributed by atoms with Gasteiger partial charge >= 0.3 is 0 Å². The standard InChI is InChI=1S/C15H18N2O2/c1-10-14(11(2)19-16-10)8-17-7-12-5-3-4-6-13(12)15(18)9-17/h3-6,15,18H,7-9H2,1-2H3/t15-/m1/s1. The molecule has 1 N–H and O–H groups in total. The van der Waals surface area contributed by atoms with Gasteiger partial charge in [0.05, 0.1) is 11.8 Å². The van der Waals surface area contributed by atoms with E-state index in [1.54, 1.807) is 0 Å². The molecule has 0 unspecified atom stereocenters. The lowest BCUT2D eigenvalue weighted by atomic mass is 9.97. The molecule has 0 saturated carbocycles. The monoisotopic (exact) mass is 258 g/mol. The number of aromatic nitrogens is 1. The second-order valence-corrected chi connectivity index (χ2v) is 5.19. The van der Waals surface area contributed by atoms with Crippen molar-refractivity contribution in [2.24, 2.45) is 0 Å². The normalized spacial score (nSPS) is 19.4. The molecule has 2 heterocycles. The Balaban J connectivity index is 1.82. The average molecular weight is 258 g/mol. The lowest BCUT2D eigenvalue weighted by Gasteiger charge is -2.32. The minimum Gasteiger partial charge on any atom is -0.387 e. The molecule has 1 aromatic heterocycles. The zero-order valence-corrected chi connectivity index (χ0v) is 11.3. The Morgan fingerprint density at radius 2 is 2.16 bits per heavy atom. The van der Waals surface area contributed by atoms with Crippen LogP contribution in [-0.4, -0.2) is 21.7 Å². The molecule has 100 valence electrons. The molecule has 4 nitrogen and oxygen atoms in total. The maximum atomic E-state index is 10.2. The molecule has 4 heteroatoms. The third kappa shape index (κ3) is 2.29. The van der Waals surface area contributed by atoms with Crippen molar-refractivity contribution < 1.29 is 9.63 Å². The van der Waals surface area contributed by atoms with Gasteiger partial charge in [-0.25, -0.2) is 0 Å². The average Bonchev–Trinajstić information content (AvgIpc) is 2.71. The van der Waals surface area contributed by atoms with Crippen LogP contribution < -0.4 is 0 Å². The van der Waals surface area contributed by atoms with Crippen LogP contribution >= 0.6 is 0 Å². The largest absolute Gasteiger partial charge is 0.387 e. The van der Waals surface area contributed by atoms with Crippen LogP contribution in [0.5, 0.6) is 0 Å². The molecule has 0 bridgehead atoms. The van der Waals surface area contributed by atoms with Crippen LogP contribution in [0.1, 0.15) is 34.2 Å². The summed E-state index contributed by atoms with van der Waals surface area (Å²) in [6.07, 6.45) is -0.412. The number of hydrogen-bond donors (Lipinski definition) is 1. The van der Waals surface area contributed by atoms with Crippen molar-refractivity contribution in [3.8, 4) is 0 Å². The highest BCUT2D eigenvalue weighted by Crippen LogP contribution is 2.28. The van der Waals surface area contributed by atoms with E-state index in [1.165, 1.54) is 5.56 Å². The van der Waals surface area contributed by atoms with Crippen LogP contribution in [0.15, 0.2) is 28.8 Å². The van der Waals surface area contributed by atoms with Gasteiger partial charge in [-0.3, -0.25) is 4.90 Å². The Morgan fingerprint density at radius 1 is 1.37 bits per heavy atom. The van der Waals surface area contributed by atoms with E-state index in [2.05, 4.69) is 16.1 Å². The number of benzene rings is 1. The molecular weight excluding hydrogens is 240 g/mol. The zero-order valence-electron chi connectivity index (χ0n) is 11.3. The molecular formula is C15H18N2O2. The van der Waals surface area contributed by atoms with E-state index >= 15 is 0 Å². The van der Waals surface area contributed by atoms with E-state index in [-0.39, 0.29) is 0 Å². The van der Waals surface area contributed by atoms with Gasteiger partial charge in [0.1, 0.15) is 5.76 Å². The number of aryl methyl sites for hydroxylation is 2. The molecule has 19 heavy (non-hydrogen) atoms. The topological polar surface area (TPSA) is 49.5 Å². The maximum Gasteiger partial charge on any atom is 0.138 e. The fraction of sp³-hybridized carbons (Fsp3) is 0.400. The lowest BCUT2D eigenvalue weighted by molar-refractivity contribution is 0.0878. The molecule has 1 aliphatic rings. The second kappa shape index (κ2) is 4.79. The predicted octanol–water partition coefficient (Wildman–Crippen LogP) is 2.34. The zero-order chi connectivity index (χ0) is 13.4. The fourth-order valence-corrected chi connectivity index (χ4v) is 2.72. The summed E-state index contributed by atoms with van der Waals surface area (Å²) in [4.78, 5) is 2.24. The molecule has 1 aromatic carbocycles. The first kappa shape index (κ1) is 12.4. The molecule has 2 aromatic rings. The van der Waals surface area contributed by atoms with Gasteiger partial charge in [0.2, 0.25) is 0 Å². The number of aliphatic hydroxyl groups is 1. The Labute approximate surface area is 112 Å². The van der Waals surface area contributed by atoms with Gasteiger partial charge in [-0.05, 0) is 25.0 Å². The van der Waals surface area contributed by atoms with Crippen LogP contribution in [0.4, 0.5) is 0 Å². The first-order chi connectivity index (χ1) is 9.15. The van der Waals surface area contributed by atoms with Crippen molar-refractivity contribution in [3.63, 3.8) is 0 Å². The summed E-state index contributed by atoms with van der Waals surface area (Å²) < 4.78 is 5.19. The van der Waals surface area contributed by atoms with E-state index in [0.717, 1.165) is 35.7 Å². The quantitative estimate of drug-likeness (QED) is 0.898. The van der Waals surface area contributed by atoms with Crippen LogP contribution in [0.25, 0.3) is 0 Å². The molecule has 0 radical (unpaired) electrons. The number of fused-ring (bicyclic) bond motifs is 1. The molecule has 0 fully saturated rings. The summed E-state index contributed by atoms with van der Waals surface area (Å²) in [5.41, 5.74) is 4.32. The number of rotatable bonds is 2. The van der Waals surface area contributed by atoms with Gasteiger partial charge in [-0.1, -0.05) is 29.4 Å². The van der Waals surface area contributed by atoms with Gasteiger partial charge < -0.3 is 9.63 Å². The molecule has 0 amide bonds. The fourth-order valence-electron chi connectivity index (χ4n) is 2.72. The Hall–Kier alpha value is -1.65. The number of aliphatic hydroxyl groups excluding tert-OH is 1. The van der Waals surface area contributed by atoms with E-state index in [4.69, 9.17) is 4.52 Å². The molecule has 0 saturated heterocycles. The lowest BCUT2D eigenvalue weighted by Crippen LogP contribution is -2.33. The smallest absolute Gasteiger partial charge is 0.138 e. The van der Waals surface area contributed by atoms with Gasteiger partial charge in [0.15, 0.2) is 0 Å². The number of β-amino-alcohol motifs (C(OH)–C–C–N with tert-alkyl or cyclic N) is 1. The van der Waals surface area contributed by atoms with Crippen molar-refractivity contribution in [3.05, 3.63) is 52.4 Å². The van der Waals surface area contributed by atoms with Crippen LogP contribution in [0.3, 0.4) is 0 Å². The molecule has 0 spiro atoms. The molecule has 1 aliphatic heterocycles. The number of nitrogens with zero attached hydrogens (tertiary/aromatic N) is 2. The highest BCUT2D eigenvalue weighted by molar-refractivity contribution is 5.31. The first-order valence-corrected chi connectivity index (χ1v) is 6.55. The highest BCUT2D eigenvalue weighted by Gasteiger charge is 2.24. The van der Waals surface area contributed by atoms with E-state index in [1.807, 2.05) is 32.0 Å². The Kier molecular flexibility index (Phi) is 3.12. The van der Waals surface area contributed by atoms with Gasteiger partial charge in [-0.15, -0.1) is 0 Å². The van der Waals surface area contributed by atoms with Crippen LogP contribution in [0.2, 0.25) is 0 Å². The van der Waals surface area contributed by atoms with Crippen LogP contribution in [-0.2, 0) is 13.1 Å². The van der Waals surface area contributed by atoms with Gasteiger partial charge in [0, 0.05) is 25.2 Å². The molecule has 3 rings (SSSR count). The predicted molar refractivity (Wildman–Crippen MR) is 71.5 cm³/mol. The highest BCUT2D eigenvalue weighted by atomic mass is 16.5. The third-order valence-corrected chi connectivity index (χ3v) is 3.80. The Bertz CT molecular complexity index is 572. The van der Waals surface area contributed by atoms with Crippen molar-refractivity contribution in [2.45, 2.75) is 33.0 Å². The van der Waals surface area contributed by atoms with Crippen molar-refractivity contribution in [2.75, 3.05) is 6.54 Å². The second-order valence-electron chi connectivity index (χ2n) is 5.19. The summed E-state index contributed by atoms with van der Waals surface area (Å²) in [6, 6.07) is 8.09. The SMILES string of the molecule is Cc1noc(C)c1CN1Cc2ccccc2[C@H](O)C1. The van der Waals surface area contributed by atoms with Crippen molar-refractivity contribution in [1.82, 2.24) is 10.1 Å². The van der Waals surface area contributed by atoms with Crippen LogP contribution in [0, 0.1) is 13.8 Å². The van der Waals surface area contributed by atoms with Crippen molar-refractivity contribution in [1.29, 1.82) is 0 Å². The summed E-state index contributed by atoms with van der Waals surface area (Å²) in [5.74, 6) is 0.867. The Morgan fingerprint density at radius 3 is 2.89 bits per heavy atom. The van der Waals surface area contributed by atoms with E-state index < -0.39 is 6.10 Å². The minimum absolute atomic E-state index is 0.412. The van der Waals surface area contributed by atoms with Crippen molar-refractivity contribution >= 4 is 0 Å². The first-order valence-electron chi connectivity index (χ1n) is 6.55. The number of hydrogen-bond acceptors (Lipinski definition) is 4. The third-order valence-electron chi connectivity index (χ3n) is 3.80. The van der Waals surface area contributed by atoms with E-state index in [0.29, 0.717) is 6.54 Å². The minimum atomic E-state index is -0.412. The summed E-state index contributed by atoms with van der Waals surface area (Å²) in [6.45, 7) is 6.18. The maximum absolute atomic E-state index is 10.2. The molecule has 0 aliphatic carbocycles. The van der Waals surface area contributed by atoms with Gasteiger partial charge in [0.25, 0.3) is 0 Å². The summed E-state index contributed by atoms with van der Waals surface area (Å²) >= 11 is 0. The molecule has 1 atom stereocenters. The van der Waals surface area contributed by atoms with Gasteiger partial charge in [-0.2, -0.15) is 0 Å². The summed E-state index contributed by atoms with van der Waals surface area (Å²) in [5, 5.41) is 14.2. The summed E-state index contributed by atoms with van der Waals surface area (Å²) in [7, 11) is 0. The van der Waals surface area contributed by atoms with E-state index in [9.17, 15) is 5.11 Å².